The molecule has 2 unspecified atom stereocenters. The average Bonchev–Trinajstić information content (AvgIpc) is 3.02. The molecule has 1 aromatic heterocycles. The Kier molecular flexibility index (Phi) is 3.71. The Morgan fingerprint density at radius 1 is 1.48 bits per heavy atom. The highest BCUT2D eigenvalue weighted by Crippen LogP contribution is 2.33. The van der Waals surface area contributed by atoms with Crippen molar-refractivity contribution in [2.24, 2.45) is 0 Å². The van der Waals surface area contributed by atoms with Crippen molar-refractivity contribution in [3.05, 3.63) is 34.5 Å². The number of carbonyl (C=O) groups is 2. The number of nitrogens with zero attached hydrogens (tertiary/aromatic N) is 1. The van der Waals surface area contributed by atoms with Crippen LogP contribution >= 0.6 is 27.7 Å². The van der Waals surface area contributed by atoms with E-state index in [1.54, 1.807) is 6.07 Å². The summed E-state index contributed by atoms with van der Waals surface area (Å²) in [5.74, 6) is -0.815. The van der Waals surface area contributed by atoms with E-state index < -0.39 is 12.0 Å². The number of carboxylic acids is 1. The zero-order valence-corrected chi connectivity index (χ0v) is 13.5. The summed E-state index contributed by atoms with van der Waals surface area (Å²) in [6.45, 7) is 1.82. The van der Waals surface area contributed by atoms with Crippen molar-refractivity contribution in [2.75, 3.05) is 5.75 Å². The first-order valence-electron chi connectivity index (χ1n) is 6.34. The lowest BCUT2D eigenvalue weighted by Gasteiger charge is -2.23. The lowest BCUT2D eigenvalue weighted by molar-refractivity contribution is -0.141. The van der Waals surface area contributed by atoms with Crippen LogP contribution in [0.5, 0.6) is 0 Å². The van der Waals surface area contributed by atoms with Crippen LogP contribution in [0.2, 0.25) is 0 Å². The number of hydrogen-bond acceptors (Lipinski definition) is 4. The fourth-order valence-electron chi connectivity index (χ4n) is 2.40. The number of aliphatic carboxylic acids is 1. The molecule has 5 nitrogen and oxygen atoms in total. The zero-order chi connectivity index (χ0) is 15.1. The minimum Gasteiger partial charge on any atom is -0.480 e. The minimum absolute atomic E-state index is 0.164. The molecular formula is C14H12BrNO4S. The first kappa shape index (κ1) is 14.5. The van der Waals surface area contributed by atoms with Crippen LogP contribution in [-0.2, 0) is 4.79 Å². The zero-order valence-electron chi connectivity index (χ0n) is 11.1. The molecule has 0 aliphatic carbocycles. The molecule has 110 valence electrons. The Morgan fingerprint density at radius 3 is 2.90 bits per heavy atom. The number of carbonyl (C=O) groups excluding carboxylic acids is 1. The van der Waals surface area contributed by atoms with E-state index in [-0.39, 0.29) is 17.0 Å². The Morgan fingerprint density at radius 2 is 2.24 bits per heavy atom. The van der Waals surface area contributed by atoms with Crippen LogP contribution in [0.15, 0.2) is 33.2 Å². The lowest BCUT2D eigenvalue weighted by Crippen LogP contribution is -2.44. The summed E-state index contributed by atoms with van der Waals surface area (Å²) in [6, 6.07) is 6.36. The molecule has 1 aliphatic rings. The predicted octanol–water partition coefficient (Wildman–Crippen LogP) is 3.18. The van der Waals surface area contributed by atoms with E-state index in [1.165, 1.54) is 16.7 Å². The number of para-hydroxylation sites is 1. The molecule has 21 heavy (non-hydrogen) atoms. The van der Waals surface area contributed by atoms with Gasteiger partial charge in [0.2, 0.25) is 0 Å². The summed E-state index contributed by atoms with van der Waals surface area (Å²) in [5, 5.41) is 9.86. The van der Waals surface area contributed by atoms with Crippen molar-refractivity contribution >= 4 is 50.5 Å². The maximum absolute atomic E-state index is 12.6. The molecule has 1 fully saturated rings. The Balaban J connectivity index is 1.99. The summed E-state index contributed by atoms with van der Waals surface area (Å²) in [6.07, 6.45) is 0. The largest absolute Gasteiger partial charge is 0.480 e. The molecular weight excluding hydrogens is 358 g/mol. The fourth-order valence-corrected chi connectivity index (χ4v) is 4.03. The van der Waals surface area contributed by atoms with Crippen LogP contribution in [0.1, 0.15) is 17.5 Å². The van der Waals surface area contributed by atoms with Crippen molar-refractivity contribution in [1.29, 1.82) is 0 Å². The van der Waals surface area contributed by atoms with Gasteiger partial charge in [0.25, 0.3) is 5.91 Å². The average molecular weight is 370 g/mol. The summed E-state index contributed by atoms with van der Waals surface area (Å²) in [4.78, 5) is 25.2. The molecule has 1 aliphatic heterocycles. The van der Waals surface area contributed by atoms with Crippen molar-refractivity contribution in [1.82, 2.24) is 4.90 Å². The predicted molar refractivity (Wildman–Crippen MR) is 83.4 cm³/mol. The van der Waals surface area contributed by atoms with Crippen LogP contribution in [0.4, 0.5) is 0 Å². The van der Waals surface area contributed by atoms with E-state index >= 15 is 0 Å². The molecule has 2 heterocycles. The molecule has 1 aromatic carbocycles. The second-order valence-electron chi connectivity index (χ2n) is 4.77. The van der Waals surface area contributed by atoms with Gasteiger partial charge >= 0.3 is 5.97 Å². The van der Waals surface area contributed by atoms with Crippen LogP contribution in [0.3, 0.4) is 0 Å². The third-order valence-electron chi connectivity index (χ3n) is 3.45. The maximum atomic E-state index is 12.6. The first-order valence-corrected chi connectivity index (χ1v) is 8.18. The number of amides is 1. The van der Waals surface area contributed by atoms with E-state index in [0.29, 0.717) is 11.3 Å². The molecule has 2 aromatic rings. The van der Waals surface area contributed by atoms with Crippen LogP contribution in [-0.4, -0.2) is 39.1 Å². The Labute approximate surface area is 133 Å². The van der Waals surface area contributed by atoms with Crippen LogP contribution in [0.25, 0.3) is 11.0 Å². The quantitative estimate of drug-likeness (QED) is 0.879. The normalized spacial score (nSPS) is 21.9. The first-order chi connectivity index (χ1) is 9.99. The van der Waals surface area contributed by atoms with Crippen LogP contribution in [0, 0.1) is 0 Å². The second-order valence-corrected chi connectivity index (χ2v) is 6.97. The number of halogens is 1. The van der Waals surface area contributed by atoms with E-state index in [0.717, 1.165) is 9.86 Å². The van der Waals surface area contributed by atoms with Crippen molar-refractivity contribution in [3.63, 3.8) is 0 Å². The standard InChI is InChI=1S/C14H12BrNO4S/c1-7-16(10(6-21-7)14(18)19)13(17)11-5-8-3-2-4-9(15)12(8)20-11/h2-5,7,10H,6H2,1H3,(H,18,19). The van der Waals surface area contributed by atoms with Gasteiger partial charge in [0, 0.05) is 11.1 Å². The van der Waals surface area contributed by atoms with Gasteiger partial charge in [-0.3, -0.25) is 4.79 Å². The van der Waals surface area contributed by atoms with E-state index in [2.05, 4.69) is 15.9 Å². The molecule has 0 spiro atoms. The Bertz CT molecular complexity index is 729. The molecule has 1 saturated heterocycles. The molecule has 0 radical (unpaired) electrons. The smallest absolute Gasteiger partial charge is 0.327 e. The summed E-state index contributed by atoms with van der Waals surface area (Å²) >= 11 is 4.82. The number of furan rings is 1. The topological polar surface area (TPSA) is 70.8 Å². The number of rotatable bonds is 2. The molecule has 1 N–H and O–H groups in total. The van der Waals surface area contributed by atoms with Gasteiger partial charge in [-0.15, -0.1) is 11.8 Å². The van der Waals surface area contributed by atoms with Gasteiger partial charge in [-0.05, 0) is 35.0 Å². The van der Waals surface area contributed by atoms with E-state index in [1.807, 2.05) is 25.1 Å². The highest BCUT2D eigenvalue weighted by Gasteiger charge is 2.40. The third kappa shape index (κ3) is 2.44. The van der Waals surface area contributed by atoms with Crippen LogP contribution < -0.4 is 0 Å². The van der Waals surface area contributed by atoms with Gasteiger partial charge < -0.3 is 14.4 Å². The molecule has 0 saturated carbocycles. The van der Waals surface area contributed by atoms with E-state index in [9.17, 15) is 14.7 Å². The number of benzene rings is 1. The second kappa shape index (κ2) is 5.38. The summed E-state index contributed by atoms with van der Waals surface area (Å²) in [7, 11) is 0. The van der Waals surface area contributed by atoms with Crippen molar-refractivity contribution in [3.8, 4) is 0 Å². The fraction of sp³-hybridized carbons (Fsp3) is 0.286. The highest BCUT2D eigenvalue weighted by molar-refractivity contribution is 9.10. The van der Waals surface area contributed by atoms with Gasteiger partial charge in [0.15, 0.2) is 5.76 Å². The van der Waals surface area contributed by atoms with Gasteiger partial charge in [0.1, 0.15) is 11.6 Å². The van der Waals surface area contributed by atoms with Gasteiger partial charge in [-0.25, -0.2) is 4.79 Å². The monoisotopic (exact) mass is 369 g/mol. The SMILES string of the molecule is CC1SCC(C(=O)O)N1C(=O)c1cc2cccc(Br)c2o1. The molecule has 2 atom stereocenters. The Hall–Kier alpha value is -1.47. The summed E-state index contributed by atoms with van der Waals surface area (Å²) in [5.41, 5.74) is 0.590. The van der Waals surface area contributed by atoms with Gasteiger partial charge in [-0.1, -0.05) is 12.1 Å². The number of hydrogen-bond donors (Lipinski definition) is 1. The molecule has 1 amide bonds. The van der Waals surface area contributed by atoms with E-state index in [4.69, 9.17) is 4.42 Å². The summed E-state index contributed by atoms with van der Waals surface area (Å²) < 4.78 is 6.37. The molecule has 3 rings (SSSR count). The third-order valence-corrected chi connectivity index (χ3v) is 5.29. The number of thioether (sulfide) groups is 1. The lowest BCUT2D eigenvalue weighted by atomic mass is 10.2. The van der Waals surface area contributed by atoms with Crippen molar-refractivity contribution in [2.45, 2.75) is 18.3 Å². The molecule has 0 bridgehead atoms. The molecule has 7 heteroatoms. The van der Waals surface area contributed by atoms with Crippen molar-refractivity contribution < 1.29 is 19.1 Å². The minimum atomic E-state index is -0.988. The van der Waals surface area contributed by atoms with Gasteiger partial charge in [-0.2, -0.15) is 0 Å². The number of carboxylic acid groups (broad SMARTS) is 1. The number of fused-ring (bicyclic) bond motifs is 1. The van der Waals surface area contributed by atoms with Gasteiger partial charge in [0.05, 0.1) is 9.85 Å². The highest BCUT2D eigenvalue weighted by atomic mass is 79.9. The maximum Gasteiger partial charge on any atom is 0.327 e.